The molecule has 3 rings (SSSR count). The molecule has 1 aliphatic carbocycles. The lowest BCUT2D eigenvalue weighted by molar-refractivity contribution is -0.120. The zero-order valence-corrected chi connectivity index (χ0v) is 13.0. The van der Waals surface area contributed by atoms with E-state index in [1.54, 1.807) is 0 Å². The van der Waals surface area contributed by atoms with Crippen molar-refractivity contribution >= 4 is 11.7 Å². The van der Waals surface area contributed by atoms with Gasteiger partial charge in [0, 0.05) is 12.8 Å². The van der Waals surface area contributed by atoms with E-state index in [1.807, 2.05) is 10.9 Å². The van der Waals surface area contributed by atoms with E-state index in [-0.39, 0.29) is 12.8 Å². The maximum absolute atomic E-state index is 11.0. The number of fused-ring (bicyclic) bond motifs is 1. The number of primary amides is 1. The molecule has 1 unspecified atom stereocenters. The molecule has 2 N–H and O–H groups in total. The fourth-order valence-electron chi connectivity index (χ4n) is 3.01. The maximum Gasteiger partial charge on any atom is 0.255 e. The smallest absolute Gasteiger partial charge is 0.255 e. The Morgan fingerprint density at radius 3 is 3.04 bits per heavy atom. The van der Waals surface area contributed by atoms with Gasteiger partial charge in [0.1, 0.15) is 12.0 Å². The molecule has 1 atom stereocenters. The fraction of sp³-hybridized carbons (Fsp3) is 0.562. The van der Waals surface area contributed by atoms with Crippen LogP contribution in [0.25, 0.3) is 5.76 Å². The summed E-state index contributed by atoms with van der Waals surface area (Å²) < 4.78 is 13.1. The molecule has 7 heteroatoms. The molecule has 0 bridgehead atoms. The second-order valence-corrected chi connectivity index (χ2v) is 5.82. The molecule has 2 heterocycles. The first-order valence-electron chi connectivity index (χ1n) is 7.93. The minimum atomic E-state index is -0.566. The Hall–Kier alpha value is -2.33. The van der Waals surface area contributed by atoms with Gasteiger partial charge in [-0.2, -0.15) is 10.4 Å². The van der Waals surface area contributed by atoms with Crippen LogP contribution in [0.1, 0.15) is 49.6 Å². The van der Waals surface area contributed by atoms with Gasteiger partial charge in [0.05, 0.1) is 22.9 Å². The number of aromatic nitrogens is 2. The minimum Gasteiger partial charge on any atom is -0.482 e. The first-order valence-corrected chi connectivity index (χ1v) is 7.93. The van der Waals surface area contributed by atoms with E-state index in [1.165, 1.54) is 0 Å². The van der Waals surface area contributed by atoms with E-state index in [4.69, 9.17) is 15.2 Å². The first-order chi connectivity index (χ1) is 11.2. The predicted molar refractivity (Wildman–Crippen MR) is 81.7 cm³/mol. The number of carbonyl (C=O) groups excluding carboxylic acids is 1. The zero-order chi connectivity index (χ0) is 16.2. The van der Waals surface area contributed by atoms with Gasteiger partial charge in [0.25, 0.3) is 5.91 Å². The molecule has 2 aliphatic rings. The third-order valence-corrected chi connectivity index (χ3v) is 4.11. The van der Waals surface area contributed by atoms with Crippen LogP contribution in [0.2, 0.25) is 0 Å². The molecule has 1 amide bonds. The van der Waals surface area contributed by atoms with Crippen molar-refractivity contribution in [3.8, 4) is 6.07 Å². The van der Waals surface area contributed by atoms with E-state index in [0.29, 0.717) is 17.8 Å². The second kappa shape index (κ2) is 6.84. The van der Waals surface area contributed by atoms with Crippen LogP contribution in [0.4, 0.5) is 0 Å². The van der Waals surface area contributed by atoms with Gasteiger partial charge in [0.15, 0.2) is 6.61 Å². The number of allylic oxidation sites excluding steroid dienone is 1. The van der Waals surface area contributed by atoms with Gasteiger partial charge in [-0.3, -0.25) is 4.79 Å². The third-order valence-electron chi connectivity index (χ3n) is 4.11. The van der Waals surface area contributed by atoms with Crippen molar-refractivity contribution in [2.45, 2.75) is 44.8 Å². The van der Waals surface area contributed by atoms with E-state index < -0.39 is 5.91 Å². The third kappa shape index (κ3) is 3.37. The standard InChI is InChI=1S/C16H20N4O3/c17-8-11-4-3-5-13-12(16(11)23-10-14(18)21)9-20(19-13)15-6-1-2-7-22-15/h9,15H,1-7,10H2,(H2,18,21). The van der Waals surface area contributed by atoms with Crippen molar-refractivity contribution < 1.29 is 14.3 Å². The van der Waals surface area contributed by atoms with Gasteiger partial charge in [-0.05, 0) is 38.5 Å². The number of nitrogens with two attached hydrogens (primary N) is 1. The number of hydrogen-bond acceptors (Lipinski definition) is 5. The van der Waals surface area contributed by atoms with Crippen molar-refractivity contribution in [1.29, 1.82) is 5.26 Å². The Morgan fingerprint density at radius 2 is 2.35 bits per heavy atom. The van der Waals surface area contributed by atoms with Crippen LogP contribution in [-0.4, -0.2) is 28.9 Å². The summed E-state index contributed by atoms with van der Waals surface area (Å²) in [6.07, 6.45) is 7.10. The number of rotatable bonds is 4. The number of ether oxygens (including phenoxy) is 2. The molecule has 7 nitrogen and oxygen atoms in total. The van der Waals surface area contributed by atoms with E-state index in [2.05, 4.69) is 11.2 Å². The highest BCUT2D eigenvalue weighted by Gasteiger charge is 2.25. The van der Waals surface area contributed by atoms with Crippen molar-refractivity contribution in [1.82, 2.24) is 9.78 Å². The molecule has 1 saturated heterocycles. The van der Waals surface area contributed by atoms with Crippen molar-refractivity contribution in [2.24, 2.45) is 5.73 Å². The van der Waals surface area contributed by atoms with Gasteiger partial charge in [-0.15, -0.1) is 0 Å². The van der Waals surface area contributed by atoms with Crippen molar-refractivity contribution in [3.63, 3.8) is 0 Å². The monoisotopic (exact) mass is 316 g/mol. The van der Waals surface area contributed by atoms with Gasteiger partial charge in [0.2, 0.25) is 0 Å². The molecule has 122 valence electrons. The number of nitrogens with zero attached hydrogens (tertiary/aromatic N) is 3. The normalized spacial score (nSPS) is 21.3. The fourth-order valence-corrected chi connectivity index (χ4v) is 3.01. The van der Waals surface area contributed by atoms with E-state index in [9.17, 15) is 10.1 Å². The molecule has 1 aromatic rings. The SMILES string of the molecule is N#CC1=C(OCC(N)=O)c2cn(C3CCCCO3)nc2CCC1. The molecule has 1 aliphatic heterocycles. The number of hydrogen-bond donors (Lipinski definition) is 1. The van der Waals surface area contributed by atoms with Gasteiger partial charge in [-0.1, -0.05) is 0 Å². The van der Waals surface area contributed by atoms with E-state index >= 15 is 0 Å². The van der Waals surface area contributed by atoms with Gasteiger partial charge >= 0.3 is 0 Å². The average molecular weight is 316 g/mol. The van der Waals surface area contributed by atoms with Crippen LogP contribution in [0.15, 0.2) is 11.8 Å². The predicted octanol–water partition coefficient (Wildman–Crippen LogP) is 1.66. The number of amides is 1. The quantitative estimate of drug-likeness (QED) is 0.909. The highest BCUT2D eigenvalue weighted by molar-refractivity contribution is 5.77. The number of carbonyl (C=O) groups is 1. The van der Waals surface area contributed by atoms with Crippen LogP contribution in [0, 0.1) is 11.3 Å². The second-order valence-electron chi connectivity index (χ2n) is 5.82. The number of aryl methyl sites for hydroxylation is 1. The van der Waals surface area contributed by atoms with Crippen LogP contribution >= 0.6 is 0 Å². The number of nitriles is 1. The summed E-state index contributed by atoms with van der Waals surface area (Å²) in [5.74, 6) is -0.135. The minimum absolute atomic E-state index is 0.0707. The summed E-state index contributed by atoms with van der Waals surface area (Å²) in [5, 5.41) is 14.0. The van der Waals surface area contributed by atoms with Crippen LogP contribution in [0.5, 0.6) is 0 Å². The van der Waals surface area contributed by atoms with E-state index in [0.717, 1.165) is 50.0 Å². The Labute approximate surface area is 134 Å². The molecule has 1 fully saturated rings. The highest BCUT2D eigenvalue weighted by atomic mass is 16.5. The maximum atomic E-state index is 11.0. The lowest BCUT2D eigenvalue weighted by atomic mass is 10.1. The summed E-state index contributed by atoms with van der Waals surface area (Å²) in [6, 6.07) is 2.18. The molecular weight excluding hydrogens is 296 g/mol. The van der Waals surface area contributed by atoms with Gasteiger partial charge < -0.3 is 15.2 Å². The zero-order valence-electron chi connectivity index (χ0n) is 13.0. The van der Waals surface area contributed by atoms with Gasteiger partial charge in [-0.25, -0.2) is 4.68 Å². The average Bonchev–Trinajstić information content (AvgIpc) is 2.90. The summed E-state index contributed by atoms with van der Waals surface area (Å²) >= 11 is 0. The Bertz CT molecular complexity index is 665. The Kier molecular flexibility index (Phi) is 4.63. The Balaban J connectivity index is 1.94. The van der Waals surface area contributed by atoms with Crippen LogP contribution in [-0.2, 0) is 20.7 Å². The molecule has 0 radical (unpaired) electrons. The largest absolute Gasteiger partial charge is 0.482 e. The van der Waals surface area contributed by atoms with Crippen molar-refractivity contribution in [2.75, 3.05) is 13.2 Å². The molecular formula is C16H20N4O3. The summed E-state index contributed by atoms with van der Waals surface area (Å²) in [4.78, 5) is 11.0. The Morgan fingerprint density at radius 1 is 1.48 bits per heavy atom. The van der Waals surface area contributed by atoms with Crippen LogP contribution in [0.3, 0.4) is 0 Å². The summed E-state index contributed by atoms with van der Waals surface area (Å²) in [7, 11) is 0. The highest BCUT2D eigenvalue weighted by Crippen LogP contribution is 2.32. The molecule has 0 aromatic carbocycles. The van der Waals surface area contributed by atoms with Crippen LogP contribution < -0.4 is 5.73 Å². The molecule has 1 aromatic heterocycles. The lowest BCUT2D eigenvalue weighted by Crippen LogP contribution is -2.19. The van der Waals surface area contributed by atoms with Crippen molar-refractivity contribution in [3.05, 3.63) is 23.0 Å². The molecule has 23 heavy (non-hydrogen) atoms. The molecule has 0 spiro atoms. The topological polar surface area (TPSA) is 103 Å². The summed E-state index contributed by atoms with van der Waals surface area (Å²) in [5.41, 5.74) is 7.35. The lowest BCUT2D eigenvalue weighted by Gasteiger charge is -2.22. The molecule has 0 saturated carbocycles. The summed E-state index contributed by atoms with van der Waals surface area (Å²) in [6.45, 7) is 0.491. The first kappa shape index (κ1) is 15.6.